The fraction of sp³-hybridized carbons (Fsp3) is 1.00. The van der Waals surface area contributed by atoms with E-state index in [1.54, 1.807) is 0 Å². The molecule has 0 N–H and O–H groups in total. The zero-order chi connectivity index (χ0) is 4.50. The van der Waals surface area contributed by atoms with Gasteiger partial charge in [-0.15, -0.1) is 0 Å². The SMILES string of the molecule is CC(C)(C)[Se].[Li]. The molecule has 0 rings (SSSR count). The Bertz CT molecular complexity index is 23.0. The Morgan fingerprint density at radius 3 is 1.17 bits per heavy atom. The van der Waals surface area contributed by atoms with E-state index in [9.17, 15) is 0 Å². The zero-order valence-electron chi connectivity index (χ0n) is 4.91. The Kier molecular flexibility index (Phi) is 5.36. The van der Waals surface area contributed by atoms with Gasteiger partial charge >= 0.3 is 41.1 Å². The van der Waals surface area contributed by atoms with Crippen LogP contribution in [0, 0.1) is 0 Å². The second-order valence-electron chi connectivity index (χ2n) is 2.11. The smallest absolute Gasteiger partial charge is 0 e. The molecule has 0 aromatic heterocycles. The molecule has 0 bridgehead atoms. The predicted molar refractivity (Wildman–Crippen MR) is 31.2 cm³/mol. The van der Waals surface area contributed by atoms with Crippen molar-refractivity contribution in [1.82, 2.24) is 0 Å². The first-order chi connectivity index (χ1) is 2.00. The van der Waals surface area contributed by atoms with Crippen LogP contribution in [-0.4, -0.2) is 34.9 Å². The summed E-state index contributed by atoms with van der Waals surface area (Å²) in [4.78, 5) is 0. The van der Waals surface area contributed by atoms with Gasteiger partial charge < -0.3 is 0 Å². The normalized spacial score (nSPS) is 10.0. The molecule has 2 heteroatoms. The molecule has 0 fully saturated rings. The van der Waals surface area contributed by atoms with Crippen molar-refractivity contribution in [3.63, 3.8) is 0 Å². The summed E-state index contributed by atoms with van der Waals surface area (Å²) in [5, 5.41) is 0. The maximum Gasteiger partial charge on any atom is 0 e. The summed E-state index contributed by atoms with van der Waals surface area (Å²) < 4.78 is 0.375. The molecule has 0 saturated carbocycles. The van der Waals surface area contributed by atoms with Gasteiger partial charge in [-0.25, -0.2) is 0 Å². The van der Waals surface area contributed by atoms with Crippen LogP contribution in [0.1, 0.15) is 20.8 Å². The van der Waals surface area contributed by atoms with E-state index in [4.69, 9.17) is 0 Å². The van der Waals surface area contributed by atoms with Crippen molar-refractivity contribution >= 4 is 34.9 Å². The van der Waals surface area contributed by atoms with Crippen molar-refractivity contribution in [2.45, 2.75) is 25.1 Å². The largest absolute Gasteiger partial charge is 0 e. The molecule has 0 aliphatic rings. The third kappa shape index (κ3) is 69.5. The average Bonchev–Trinajstić information content (AvgIpc) is 0.722. The van der Waals surface area contributed by atoms with Gasteiger partial charge in [0.1, 0.15) is 0 Å². The first-order valence-corrected chi connectivity index (χ1v) is 2.56. The Morgan fingerprint density at radius 2 is 1.17 bits per heavy atom. The van der Waals surface area contributed by atoms with Crippen molar-refractivity contribution < 1.29 is 0 Å². The molecule has 0 unspecified atom stereocenters. The molecule has 0 aliphatic heterocycles. The summed E-state index contributed by atoms with van der Waals surface area (Å²) in [5.74, 6) is 0. The molecule has 0 saturated heterocycles. The second-order valence-corrected chi connectivity index (χ2v) is 4.68. The molecule has 0 amide bonds. The van der Waals surface area contributed by atoms with Gasteiger partial charge in [0.15, 0.2) is 0 Å². The van der Waals surface area contributed by atoms with E-state index >= 15 is 0 Å². The quantitative estimate of drug-likeness (QED) is 0.443. The maximum absolute atomic E-state index is 2.98. The van der Waals surface area contributed by atoms with Gasteiger partial charge in [0.25, 0.3) is 0 Å². The van der Waals surface area contributed by atoms with Gasteiger partial charge in [-0.05, 0) is 0 Å². The summed E-state index contributed by atoms with van der Waals surface area (Å²) in [6.45, 7) is 6.40. The van der Waals surface area contributed by atoms with Gasteiger partial charge in [-0.3, -0.25) is 0 Å². The van der Waals surface area contributed by atoms with Crippen LogP contribution in [0.4, 0.5) is 0 Å². The second kappa shape index (κ2) is 3.16. The van der Waals surface area contributed by atoms with Crippen LogP contribution in [0.15, 0.2) is 0 Å². The number of hydrogen-bond acceptors (Lipinski definition) is 0. The summed E-state index contributed by atoms with van der Waals surface area (Å²) in [5.41, 5.74) is 0. The summed E-state index contributed by atoms with van der Waals surface area (Å²) in [7, 11) is 0. The Hall–Kier alpha value is 1.12. The minimum atomic E-state index is 0. The van der Waals surface area contributed by atoms with E-state index in [0.717, 1.165) is 0 Å². The van der Waals surface area contributed by atoms with E-state index in [-0.39, 0.29) is 18.9 Å². The summed E-state index contributed by atoms with van der Waals surface area (Å²) in [6.07, 6.45) is 0. The molecule has 6 heavy (non-hydrogen) atoms. The molecular formula is C4H9LiSe. The van der Waals surface area contributed by atoms with Gasteiger partial charge in [0, 0.05) is 18.9 Å². The van der Waals surface area contributed by atoms with Crippen molar-refractivity contribution in [2.75, 3.05) is 0 Å². The van der Waals surface area contributed by atoms with E-state index in [1.165, 1.54) is 0 Å². The molecule has 0 aromatic carbocycles. The molecule has 0 atom stereocenters. The molecular weight excluding hydrogens is 134 g/mol. The van der Waals surface area contributed by atoms with E-state index in [1.807, 2.05) is 0 Å². The molecule has 0 aliphatic carbocycles. The van der Waals surface area contributed by atoms with E-state index in [0.29, 0.717) is 4.31 Å². The van der Waals surface area contributed by atoms with Gasteiger partial charge in [0.2, 0.25) is 0 Å². The van der Waals surface area contributed by atoms with Crippen LogP contribution in [0.25, 0.3) is 0 Å². The van der Waals surface area contributed by atoms with Crippen LogP contribution in [0.5, 0.6) is 0 Å². The van der Waals surface area contributed by atoms with Gasteiger partial charge in [-0.1, -0.05) is 0 Å². The zero-order valence-corrected chi connectivity index (χ0v) is 6.62. The Balaban J connectivity index is 0. The third-order valence-electron chi connectivity index (χ3n) is 0. The standard InChI is InChI=1S/C4H9Se.Li/c1-4(2,3)5;/h1-3H3;. The van der Waals surface area contributed by atoms with Crippen LogP contribution >= 0.6 is 0 Å². The van der Waals surface area contributed by atoms with Crippen molar-refractivity contribution in [3.8, 4) is 0 Å². The minimum Gasteiger partial charge on any atom is 0 e. The molecule has 32 valence electrons. The minimum absolute atomic E-state index is 0. The van der Waals surface area contributed by atoms with Gasteiger partial charge in [0.05, 0.1) is 0 Å². The topological polar surface area (TPSA) is 0 Å². The molecule has 0 spiro atoms. The Labute approximate surface area is 60.1 Å². The number of rotatable bonds is 0. The summed E-state index contributed by atoms with van der Waals surface area (Å²) in [6, 6.07) is 0. The summed E-state index contributed by atoms with van der Waals surface area (Å²) >= 11 is 2.98. The van der Waals surface area contributed by atoms with E-state index in [2.05, 4.69) is 36.8 Å². The Morgan fingerprint density at radius 1 is 1.17 bits per heavy atom. The fourth-order valence-corrected chi connectivity index (χ4v) is 0. The van der Waals surface area contributed by atoms with Crippen LogP contribution in [0.2, 0.25) is 4.31 Å². The van der Waals surface area contributed by atoms with Crippen LogP contribution in [-0.2, 0) is 0 Å². The monoisotopic (exact) mass is 144 g/mol. The average molecular weight is 143 g/mol. The van der Waals surface area contributed by atoms with Crippen LogP contribution in [0.3, 0.4) is 0 Å². The van der Waals surface area contributed by atoms with Crippen molar-refractivity contribution in [1.29, 1.82) is 0 Å². The van der Waals surface area contributed by atoms with Crippen molar-refractivity contribution in [2.24, 2.45) is 0 Å². The molecule has 0 aromatic rings. The molecule has 0 nitrogen and oxygen atoms in total. The van der Waals surface area contributed by atoms with Crippen LogP contribution < -0.4 is 0 Å². The van der Waals surface area contributed by atoms with Crippen molar-refractivity contribution in [3.05, 3.63) is 0 Å². The fourth-order valence-electron chi connectivity index (χ4n) is 0. The third-order valence-corrected chi connectivity index (χ3v) is 0. The molecule has 2 radical (unpaired) electrons. The van der Waals surface area contributed by atoms with Gasteiger partial charge in [-0.2, -0.15) is 0 Å². The predicted octanol–water partition coefficient (Wildman–Crippen LogP) is 0.992. The van der Waals surface area contributed by atoms with E-state index < -0.39 is 0 Å². The molecule has 0 heterocycles. The number of hydrogen-bond donors (Lipinski definition) is 0. The maximum atomic E-state index is 2.98. The first-order valence-electron chi connectivity index (χ1n) is 1.70. The first kappa shape index (κ1) is 10.2.